The van der Waals surface area contributed by atoms with E-state index < -0.39 is 0 Å². The van der Waals surface area contributed by atoms with Gasteiger partial charge in [-0.15, -0.1) is 11.6 Å². The fraction of sp³-hybridized carbons (Fsp3) is 0.438. The maximum absolute atomic E-state index is 6.03. The molecule has 2 heterocycles. The van der Waals surface area contributed by atoms with E-state index in [4.69, 9.17) is 16.6 Å². The van der Waals surface area contributed by atoms with Crippen LogP contribution in [0.3, 0.4) is 0 Å². The Labute approximate surface area is 129 Å². The second-order valence-corrected chi connectivity index (χ2v) is 6.35. The van der Waals surface area contributed by atoms with Crippen molar-refractivity contribution in [1.29, 1.82) is 0 Å². The summed E-state index contributed by atoms with van der Waals surface area (Å²) in [4.78, 5) is 7.25. The molecule has 0 spiro atoms. The van der Waals surface area contributed by atoms with Crippen molar-refractivity contribution < 1.29 is 0 Å². The topological polar surface area (TPSA) is 16.1 Å². The first-order chi connectivity index (χ1) is 9.80. The second kappa shape index (κ2) is 6.15. The van der Waals surface area contributed by atoms with Crippen LogP contribution in [-0.4, -0.2) is 11.0 Å². The van der Waals surface area contributed by atoms with Crippen LogP contribution in [0.25, 0.3) is 0 Å². The van der Waals surface area contributed by atoms with Gasteiger partial charge in [0.25, 0.3) is 0 Å². The third-order valence-corrected chi connectivity index (χ3v) is 4.70. The highest BCUT2D eigenvalue weighted by Crippen LogP contribution is 2.33. The lowest BCUT2D eigenvalue weighted by Gasteiger charge is -2.24. The van der Waals surface area contributed by atoms with Gasteiger partial charge in [-0.05, 0) is 59.3 Å². The van der Waals surface area contributed by atoms with E-state index in [1.54, 1.807) is 11.3 Å². The molecule has 0 radical (unpaired) electrons. The summed E-state index contributed by atoms with van der Waals surface area (Å²) < 4.78 is 0. The molecule has 1 saturated carbocycles. The minimum Gasteiger partial charge on any atom is -0.349 e. The van der Waals surface area contributed by atoms with Gasteiger partial charge in [-0.1, -0.05) is 6.92 Å². The lowest BCUT2D eigenvalue weighted by atomic mass is 10.2. The minimum absolute atomic E-state index is 0.555. The summed E-state index contributed by atoms with van der Waals surface area (Å²) in [6.07, 6.45) is 3.51. The summed E-state index contributed by atoms with van der Waals surface area (Å²) in [6, 6.07) is 7.12. The Bertz CT molecular complexity index is 542. The third kappa shape index (κ3) is 3.15. The van der Waals surface area contributed by atoms with Gasteiger partial charge >= 0.3 is 0 Å². The zero-order valence-corrected chi connectivity index (χ0v) is 13.3. The van der Waals surface area contributed by atoms with Crippen LogP contribution < -0.4 is 4.90 Å². The fourth-order valence-corrected chi connectivity index (χ4v) is 3.22. The number of aryl methyl sites for hydroxylation is 1. The third-order valence-electron chi connectivity index (χ3n) is 3.66. The number of pyridine rings is 1. The molecule has 1 aliphatic carbocycles. The van der Waals surface area contributed by atoms with Gasteiger partial charge in [0.1, 0.15) is 5.82 Å². The molecule has 0 atom stereocenters. The van der Waals surface area contributed by atoms with Crippen LogP contribution in [0.5, 0.6) is 0 Å². The second-order valence-electron chi connectivity index (χ2n) is 5.30. The van der Waals surface area contributed by atoms with E-state index in [0.717, 1.165) is 24.5 Å². The first-order valence-corrected chi connectivity index (χ1v) is 8.61. The minimum atomic E-state index is 0.555. The van der Waals surface area contributed by atoms with E-state index in [2.05, 4.69) is 40.8 Å². The molecule has 0 aliphatic heterocycles. The van der Waals surface area contributed by atoms with Crippen LogP contribution >= 0.6 is 22.9 Å². The van der Waals surface area contributed by atoms with Crippen LogP contribution in [-0.2, 0) is 18.8 Å². The number of alkyl halides is 1. The Morgan fingerprint density at radius 1 is 1.35 bits per heavy atom. The zero-order valence-electron chi connectivity index (χ0n) is 11.7. The van der Waals surface area contributed by atoms with E-state index in [-0.39, 0.29) is 0 Å². The average molecular weight is 307 g/mol. The van der Waals surface area contributed by atoms with Crippen LogP contribution in [0.2, 0.25) is 0 Å². The SMILES string of the molecule is CCc1cc(CCl)cc(N(Cc2ccsc2)C2CC2)n1. The molecule has 0 saturated heterocycles. The zero-order chi connectivity index (χ0) is 13.9. The predicted octanol–water partition coefficient (Wildman–Crippen LogP) is 4.61. The molecule has 106 valence electrons. The normalized spacial score (nSPS) is 14.5. The maximum atomic E-state index is 6.03. The Morgan fingerprint density at radius 2 is 2.20 bits per heavy atom. The molecule has 0 unspecified atom stereocenters. The smallest absolute Gasteiger partial charge is 0.129 e. The van der Waals surface area contributed by atoms with Gasteiger partial charge < -0.3 is 4.90 Å². The Kier molecular flexibility index (Phi) is 4.27. The Balaban J connectivity index is 1.90. The lowest BCUT2D eigenvalue weighted by Crippen LogP contribution is -2.26. The molecule has 0 aromatic carbocycles. The molecule has 2 nitrogen and oxygen atoms in total. The molecule has 1 fully saturated rings. The monoisotopic (exact) mass is 306 g/mol. The van der Waals surface area contributed by atoms with Crippen molar-refractivity contribution in [3.8, 4) is 0 Å². The number of halogens is 1. The van der Waals surface area contributed by atoms with Crippen molar-refractivity contribution in [1.82, 2.24) is 4.98 Å². The van der Waals surface area contributed by atoms with Crippen molar-refractivity contribution >= 4 is 28.8 Å². The number of anilines is 1. The molecule has 3 rings (SSSR count). The number of thiophene rings is 1. The summed E-state index contributed by atoms with van der Waals surface area (Å²) in [7, 11) is 0. The van der Waals surface area contributed by atoms with Crippen molar-refractivity contribution in [3.63, 3.8) is 0 Å². The molecule has 2 aromatic heterocycles. The molecule has 20 heavy (non-hydrogen) atoms. The quantitative estimate of drug-likeness (QED) is 0.724. The van der Waals surface area contributed by atoms with Gasteiger partial charge in [0.15, 0.2) is 0 Å². The van der Waals surface area contributed by atoms with Gasteiger partial charge in [-0.2, -0.15) is 11.3 Å². The van der Waals surface area contributed by atoms with Crippen molar-refractivity contribution in [2.24, 2.45) is 0 Å². The number of hydrogen-bond acceptors (Lipinski definition) is 3. The van der Waals surface area contributed by atoms with Gasteiger partial charge in [-0.25, -0.2) is 4.98 Å². The average Bonchev–Trinajstić information content (AvgIpc) is 3.20. The highest BCUT2D eigenvalue weighted by atomic mass is 35.5. The van der Waals surface area contributed by atoms with Crippen molar-refractivity contribution in [3.05, 3.63) is 45.8 Å². The molecule has 2 aromatic rings. The Hall–Kier alpha value is -1.06. The number of rotatable bonds is 6. The van der Waals surface area contributed by atoms with Gasteiger partial charge in [0.2, 0.25) is 0 Å². The lowest BCUT2D eigenvalue weighted by molar-refractivity contribution is 0.773. The molecule has 4 heteroatoms. The van der Waals surface area contributed by atoms with E-state index in [0.29, 0.717) is 11.9 Å². The van der Waals surface area contributed by atoms with Crippen molar-refractivity contribution in [2.45, 2.75) is 44.7 Å². The van der Waals surface area contributed by atoms with Crippen molar-refractivity contribution in [2.75, 3.05) is 4.90 Å². The fourth-order valence-electron chi connectivity index (χ4n) is 2.40. The van der Waals surface area contributed by atoms with Crippen LogP contribution in [0, 0.1) is 0 Å². The predicted molar refractivity (Wildman–Crippen MR) is 86.7 cm³/mol. The molecule has 0 bridgehead atoms. The van der Waals surface area contributed by atoms with E-state index in [9.17, 15) is 0 Å². The summed E-state index contributed by atoms with van der Waals surface area (Å²) in [6.45, 7) is 3.10. The molecule has 0 amide bonds. The summed E-state index contributed by atoms with van der Waals surface area (Å²) in [5.41, 5.74) is 3.68. The molecule has 1 aliphatic rings. The number of hydrogen-bond donors (Lipinski definition) is 0. The van der Waals surface area contributed by atoms with Crippen LogP contribution in [0.1, 0.15) is 36.6 Å². The first-order valence-electron chi connectivity index (χ1n) is 7.13. The summed E-state index contributed by atoms with van der Waals surface area (Å²) >= 11 is 7.78. The highest BCUT2D eigenvalue weighted by Gasteiger charge is 2.30. The van der Waals surface area contributed by atoms with Gasteiger partial charge in [0, 0.05) is 24.2 Å². The summed E-state index contributed by atoms with van der Waals surface area (Å²) in [5.74, 6) is 1.65. The molecular weight excluding hydrogens is 288 g/mol. The maximum Gasteiger partial charge on any atom is 0.129 e. The number of nitrogens with zero attached hydrogens (tertiary/aromatic N) is 2. The largest absolute Gasteiger partial charge is 0.349 e. The van der Waals surface area contributed by atoms with E-state index in [1.165, 1.54) is 24.0 Å². The van der Waals surface area contributed by atoms with Gasteiger partial charge in [-0.3, -0.25) is 0 Å². The summed E-state index contributed by atoms with van der Waals surface area (Å²) in [5, 5.41) is 4.36. The molecular formula is C16H19ClN2S. The van der Waals surface area contributed by atoms with E-state index >= 15 is 0 Å². The molecule has 0 N–H and O–H groups in total. The highest BCUT2D eigenvalue weighted by molar-refractivity contribution is 7.07. The van der Waals surface area contributed by atoms with E-state index in [1.807, 2.05) is 0 Å². The number of aromatic nitrogens is 1. The first kappa shape index (κ1) is 13.9. The van der Waals surface area contributed by atoms with Crippen LogP contribution in [0.4, 0.5) is 5.82 Å². The van der Waals surface area contributed by atoms with Gasteiger partial charge in [0.05, 0.1) is 0 Å². The Morgan fingerprint density at radius 3 is 2.80 bits per heavy atom. The van der Waals surface area contributed by atoms with Crippen LogP contribution in [0.15, 0.2) is 29.0 Å². The standard InChI is InChI=1S/C16H19ClN2S/c1-2-14-7-13(9-17)8-16(18-14)19(15-3-4-15)10-12-5-6-20-11-12/h5-8,11,15H,2-4,9-10H2,1H3.